The number of benzene rings is 1. The number of amides is 1. The van der Waals surface area contributed by atoms with Crippen molar-refractivity contribution in [3.8, 4) is 0 Å². The summed E-state index contributed by atoms with van der Waals surface area (Å²) in [6.07, 6.45) is 3.57. The van der Waals surface area contributed by atoms with Crippen molar-refractivity contribution < 1.29 is 17.6 Å². The zero-order valence-corrected chi connectivity index (χ0v) is 17.1. The number of nitrogens with zero attached hydrogens (tertiary/aromatic N) is 3. The highest BCUT2D eigenvalue weighted by Gasteiger charge is 2.30. The average Bonchev–Trinajstić information content (AvgIpc) is 3.35. The molecule has 0 unspecified atom stereocenters. The largest absolute Gasteiger partial charge is 0.438 e. The normalized spacial score (nSPS) is 15.6. The van der Waals surface area contributed by atoms with Gasteiger partial charge in [0.2, 0.25) is 11.0 Å². The van der Waals surface area contributed by atoms with Gasteiger partial charge in [-0.3, -0.25) is 10.1 Å². The monoisotopic (exact) mass is 416 g/mol. The van der Waals surface area contributed by atoms with Crippen LogP contribution in [0.15, 0.2) is 45.9 Å². The van der Waals surface area contributed by atoms with Crippen LogP contribution in [0.5, 0.6) is 0 Å². The molecule has 1 aliphatic rings. The van der Waals surface area contributed by atoms with Gasteiger partial charge in [0.25, 0.3) is 15.9 Å². The Morgan fingerprint density at radius 3 is 2.66 bits per heavy atom. The summed E-state index contributed by atoms with van der Waals surface area (Å²) in [5.74, 6) is -0.177. The van der Waals surface area contributed by atoms with Gasteiger partial charge in [-0.05, 0) is 43.5 Å². The Bertz CT molecular complexity index is 1130. The van der Waals surface area contributed by atoms with Crippen LogP contribution in [0.1, 0.15) is 43.2 Å². The van der Waals surface area contributed by atoms with Crippen LogP contribution in [0.4, 0.5) is 5.95 Å². The van der Waals surface area contributed by atoms with Gasteiger partial charge in [0.05, 0.1) is 11.0 Å². The molecule has 9 heteroatoms. The third-order valence-electron chi connectivity index (χ3n) is 5.04. The lowest BCUT2D eigenvalue weighted by Gasteiger charge is -2.24. The van der Waals surface area contributed by atoms with Crippen LogP contribution in [-0.2, 0) is 16.6 Å². The summed E-state index contributed by atoms with van der Waals surface area (Å²) in [6.45, 7) is 3.70. The molecule has 1 fully saturated rings. The molecule has 1 N–H and O–H groups in total. The molecule has 0 radical (unpaired) electrons. The number of rotatable bonds is 6. The minimum absolute atomic E-state index is 0.0595. The third-order valence-corrected chi connectivity index (χ3v) is 6.81. The fraction of sp³-hybridized carbons (Fsp3) is 0.400. The molecule has 0 aliphatic carbocycles. The topological polar surface area (TPSA) is 97.4 Å². The van der Waals surface area contributed by atoms with E-state index in [1.54, 1.807) is 0 Å². The number of aromatic nitrogens is 2. The molecular weight excluding hydrogens is 392 g/mol. The molecule has 8 nitrogen and oxygen atoms in total. The van der Waals surface area contributed by atoms with Crippen LogP contribution in [-0.4, -0.2) is 41.3 Å². The molecule has 1 saturated heterocycles. The number of para-hydroxylation sites is 2. The summed E-state index contributed by atoms with van der Waals surface area (Å²) in [6, 6.07) is 10.4. The van der Waals surface area contributed by atoms with Crippen molar-refractivity contribution in [2.75, 3.05) is 18.4 Å². The number of carbonyl (C=O) groups excluding carboxylic acids is 1. The zero-order chi connectivity index (χ0) is 20.4. The molecule has 0 atom stereocenters. The summed E-state index contributed by atoms with van der Waals surface area (Å²) in [7, 11) is -3.72. The Balaban J connectivity index is 1.57. The maximum absolute atomic E-state index is 12.7. The summed E-state index contributed by atoms with van der Waals surface area (Å²) in [5, 5.41) is 2.55. The van der Waals surface area contributed by atoms with Crippen LogP contribution < -0.4 is 5.32 Å². The molecule has 4 rings (SSSR count). The molecule has 3 aromatic rings. The summed E-state index contributed by atoms with van der Waals surface area (Å²) < 4.78 is 34.2. The van der Waals surface area contributed by atoms with E-state index in [1.807, 2.05) is 35.8 Å². The van der Waals surface area contributed by atoms with E-state index in [4.69, 9.17) is 4.42 Å². The first-order valence-electron chi connectivity index (χ1n) is 9.87. The smallest absolute Gasteiger partial charge is 0.293 e. The number of imidazole rings is 1. The number of hydrogen-bond donors (Lipinski definition) is 1. The Morgan fingerprint density at radius 2 is 1.90 bits per heavy atom. The van der Waals surface area contributed by atoms with E-state index >= 15 is 0 Å². The van der Waals surface area contributed by atoms with E-state index in [0.717, 1.165) is 36.7 Å². The van der Waals surface area contributed by atoms with Crippen LogP contribution >= 0.6 is 0 Å². The number of piperidine rings is 1. The van der Waals surface area contributed by atoms with Gasteiger partial charge in [0, 0.05) is 19.6 Å². The first-order chi connectivity index (χ1) is 14.0. The molecule has 0 bridgehead atoms. The van der Waals surface area contributed by atoms with Crippen LogP contribution in [0.3, 0.4) is 0 Å². The highest BCUT2D eigenvalue weighted by molar-refractivity contribution is 7.89. The Hall–Kier alpha value is -2.65. The van der Waals surface area contributed by atoms with E-state index in [1.165, 1.54) is 16.4 Å². The number of aryl methyl sites for hydroxylation is 1. The summed E-state index contributed by atoms with van der Waals surface area (Å²) in [5.41, 5.74) is 1.71. The average molecular weight is 417 g/mol. The van der Waals surface area contributed by atoms with E-state index < -0.39 is 15.9 Å². The SMILES string of the molecule is CCCn1c(NC(=O)c2ccc(S(=O)(=O)N3CCCCC3)o2)nc2ccccc21. The van der Waals surface area contributed by atoms with Crippen LogP contribution in [0, 0.1) is 0 Å². The maximum atomic E-state index is 12.7. The number of hydrogen-bond acceptors (Lipinski definition) is 5. The van der Waals surface area contributed by atoms with E-state index in [2.05, 4.69) is 10.3 Å². The van der Waals surface area contributed by atoms with Crippen molar-refractivity contribution in [2.45, 2.75) is 44.2 Å². The van der Waals surface area contributed by atoms with E-state index in [9.17, 15) is 13.2 Å². The molecule has 154 valence electrons. The van der Waals surface area contributed by atoms with Gasteiger partial charge in [-0.1, -0.05) is 25.5 Å². The lowest BCUT2D eigenvalue weighted by atomic mass is 10.2. The van der Waals surface area contributed by atoms with Gasteiger partial charge in [-0.15, -0.1) is 0 Å². The zero-order valence-electron chi connectivity index (χ0n) is 16.3. The Labute approximate surface area is 169 Å². The summed E-state index contributed by atoms with van der Waals surface area (Å²) >= 11 is 0. The van der Waals surface area contributed by atoms with Crippen molar-refractivity contribution in [3.05, 3.63) is 42.2 Å². The van der Waals surface area contributed by atoms with Gasteiger partial charge in [0.15, 0.2) is 5.76 Å². The van der Waals surface area contributed by atoms with Crippen molar-refractivity contribution >= 4 is 32.9 Å². The van der Waals surface area contributed by atoms with E-state index in [0.29, 0.717) is 25.6 Å². The van der Waals surface area contributed by atoms with Crippen molar-refractivity contribution in [1.82, 2.24) is 13.9 Å². The maximum Gasteiger partial charge on any atom is 0.293 e. The minimum Gasteiger partial charge on any atom is -0.438 e. The number of nitrogens with one attached hydrogen (secondary N) is 1. The molecule has 0 saturated carbocycles. The lowest BCUT2D eigenvalue weighted by Crippen LogP contribution is -2.35. The highest BCUT2D eigenvalue weighted by atomic mass is 32.2. The number of carbonyl (C=O) groups is 1. The second-order valence-electron chi connectivity index (χ2n) is 7.11. The molecule has 1 aromatic carbocycles. The van der Waals surface area contributed by atoms with Crippen LogP contribution in [0.25, 0.3) is 11.0 Å². The number of furan rings is 1. The fourth-order valence-corrected chi connectivity index (χ4v) is 5.03. The van der Waals surface area contributed by atoms with Gasteiger partial charge in [0.1, 0.15) is 0 Å². The molecule has 3 heterocycles. The lowest BCUT2D eigenvalue weighted by molar-refractivity contribution is 0.0990. The number of anilines is 1. The Kier molecular flexibility index (Phi) is 5.42. The number of sulfonamides is 1. The highest BCUT2D eigenvalue weighted by Crippen LogP contribution is 2.24. The second kappa shape index (κ2) is 8.00. The summed E-state index contributed by atoms with van der Waals surface area (Å²) in [4.78, 5) is 17.2. The molecule has 1 aliphatic heterocycles. The Morgan fingerprint density at radius 1 is 1.14 bits per heavy atom. The molecular formula is C20H24N4O4S. The molecule has 1 amide bonds. The fourth-order valence-electron chi connectivity index (χ4n) is 3.60. The predicted molar refractivity (Wildman–Crippen MR) is 109 cm³/mol. The molecule has 0 spiro atoms. The quantitative estimate of drug-likeness (QED) is 0.664. The molecule has 2 aromatic heterocycles. The second-order valence-corrected chi connectivity index (χ2v) is 8.98. The van der Waals surface area contributed by atoms with Crippen molar-refractivity contribution in [3.63, 3.8) is 0 Å². The first kappa shape index (κ1) is 19.7. The van der Waals surface area contributed by atoms with E-state index in [-0.39, 0.29) is 10.9 Å². The van der Waals surface area contributed by atoms with Gasteiger partial charge >= 0.3 is 0 Å². The van der Waals surface area contributed by atoms with Crippen molar-refractivity contribution in [2.24, 2.45) is 0 Å². The van der Waals surface area contributed by atoms with Gasteiger partial charge in [-0.25, -0.2) is 13.4 Å². The van der Waals surface area contributed by atoms with Crippen molar-refractivity contribution in [1.29, 1.82) is 0 Å². The van der Waals surface area contributed by atoms with Gasteiger partial charge < -0.3 is 8.98 Å². The number of fused-ring (bicyclic) bond motifs is 1. The molecule has 29 heavy (non-hydrogen) atoms. The third kappa shape index (κ3) is 3.79. The van der Waals surface area contributed by atoms with Crippen LogP contribution in [0.2, 0.25) is 0 Å². The van der Waals surface area contributed by atoms with Gasteiger partial charge in [-0.2, -0.15) is 4.31 Å². The minimum atomic E-state index is -3.72. The first-order valence-corrected chi connectivity index (χ1v) is 11.3. The standard InChI is InChI=1S/C20H24N4O4S/c1-2-12-24-16-9-5-4-8-15(16)21-20(24)22-19(25)17-10-11-18(28-17)29(26,27)23-13-6-3-7-14-23/h4-5,8-11H,2-3,6-7,12-14H2,1H3,(H,21,22,25). The predicted octanol–water partition coefficient (Wildman–Crippen LogP) is 3.47.